The third-order valence-corrected chi connectivity index (χ3v) is 6.95. The minimum absolute atomic E-state index is 0.0826. The maximum atomic E-state index is 12.9. The fraction of sp³-hybridized carbons (Fsp3) is 0.375. The van der Waals surface area contributed by atoms with E-state index >= 15 is 0 Å². The average Bonchev–Trinajstić information content (AvgIpc) is 3.28. The highest BCUT2D eigenvalue weighted by Gasteiger charge is 2.21. The molecule has 1 amide bonds. The lowest BCUT2D eigenvalue weighted by Crippen LogP contribution is -2.27. The van der Waals surface area contributed by atoms with Crippen LogP contribution in [0.3, 0.4) is 0 Å². The van der Waals surface area contributed by atoms with Crippen LogP contribution in [-0.4, -0.2) is 38.3 Å². The predicted molar refractivity (Wildman–Crippen MR) is 139 cm³/mol. The van der Waals surface area contributed by atoms with Gasteiger partial charge < -0.3 is 20.4 Å². The Kier molecular flexibility index (Phi) is 8.59. The second-order valence-corrected chi connectivity index (χ2v) is 10.5. The fourth-order valence-corrected chi connectivity index (χ4v) is 4.28. The zero-order valence-corrected chi connectivity index (χ0v) is 22.6. The van der Waals surface area contributed by atoms with Crippen LogP contribution in [0.2, 0.25) is 0 Å². The number of aromatic nitrogens is 3. The summed E-state index contributed by atoms with van der Waals surface area (Å²) in [5, 5.41) is 2.96. The molecule has 0 saturated heterocycles. The van der Waals surface area contributed by atoms with E-state index < -0.39 is 11.7 Å². The molecule has 0 unspecified atom stereocenters. The second-order valence-electron chi connectivity index (χ2n) is 8.86. The number of hydrogen-bond acceptors (Lipinski definition) is 5. The molecule has 3 rings (SSSR count). The molecular formula is C24H29Br2N5O3. The molecule has 1 aromatic carbocycles. The number of anilines is 1. The molecule has 3 N–H and O–H groups in total. The number of benzene rings is 1. The SMILES string of the molecule is CC(C)(C)OC(=O)n1cc(CCCNC(=O)c2cc(Br)c(Br)n2CCc2ccccc2)nc1N. The molecule has 0 aliphatic carbocycles. The summed E-state index contributed by atoms with van der Waals surface area (Å²) in [6, 6.07) is 12.0. The van der Waals surface area contributed by atoms with Gasteiger partial charge in [-0.25, -0.2) is 14.3 Å². The first-order valence-corrected chi connectivity index (χ1v) is 12.6. The molecule has 0 atom stereocenters. The number of amides is 1. The van der Waals surface area contributed by atoms with Crippen molar-refractivity contribution in [2.45, 2.75) is 52.2 Å². The highest BCUT2D eigenvalue weighted by atomic mass is 79.9. The lowest BCUT2D eigenvalue weighted by molar-refractivity contribution is 0.0540. The third-order valence-electron chi connectivity index (χ3n) is 4.96. The van der Waals surface area contributed by atoms with Gasteiger partial charge in [-0.2, -0.15) is 0 Å². The minimum atomic E-state index is -0.624. The van der Waals surface area contributed by atoms with E-state index in [0.717, 1.165) is 15.5 Å². The lowest BCUT2D eigenvalue weighted by Gasteiger charge is -2.19. The smallest absolute Gasteiger partial charge is 0.421 e. The van der Waals surface area contributed by atoms with E-state index in [4.69, 9.17) is 10.5 Å². The molecule has 182 valence electrons. The van der Waals surface area contributed by atoms with Crippen LogP contribution in [0.1, 0.15) is 48.9 Å². The minimum Gasteiger partial charge on any atom is -0.443 e. The van der Waals surface area contributed by atoms with Crippen molar-refractivity contribution in [3.05, 3.63) is 68.6 Å². The molecule has 0 spiro atoms. The molecule has 0 aliphatic heterocycles. The van der Waals surface area contributed by atoms with Crippen LogP contribution in [0.5, 0.6) is 0 Å². The first-order valence-electron chi connectivity index (χ1n) is 11.0. The maximum Gasteiger partial charge on any atom is 0.421 e. The number of imidazole rings is 1. The molecule has 0 aliphatic rings. The van der Waals surface area contributed by atoms with E-state index in [9.17, 15) is 9.59 Å². The van der Waals surface area contributed by atoms with E-state index in [1.54, 1.807) is 27.0 Å². The van der Waals surface area contributed by atoms with Crippen LogP contribution >= 0.6 is 31.9 Å². The molecule has 8 nitrogen and oxygen atoms in total. The number of ether oxygens (including phenoxy) is 1. The normalized spacial score (nSPS) is 11.4. The number of nitrogens with two attached hydrogens (primary N) is 1. The Labute approximate surface area is 216 Å². The number of rotatable bonds is 8. The lowest BCUT2D eigenvalue weighted by atomic mass is 10.1. The summed E-state index contributed by atoms with van der Waals surface area (Å²) < 4.78 is 10.1. The monoisotopic (exact) mass is 593 g/mol. The predicted octanol–water partition coefficient (Wildman–Crippen LogP) is 5.18. The van der Waals surface area contributed by atoms with Crippen LogP contribution in [-0.2, 0) is 24.1 Å². The van der Waals surface area contributed by atoms with Crippen LogP contribution < -0.4 is 11.1 Å². The van der Waals surface area contributed by atoms with E-state index in [1.807, 2.05) is 28.8 Å². The molecule has 34 heavy (non-hydrogen) atoms. The van der Waals surface area contributed by atoms with E-state index in [1.165, 1.54) is 10.1 Å². The van der Waals surface area contributed by atoms with Gasteiger partial charge in [-0.15, -0.1) is 0 Å². The highest BCUT2D eigenvalue weighted by molar-refractivity contribution is 9.13. The number of carbonyl (C=O) groups excluding carboxylic acids is 2. The molecule has 10 heteroatoms. The van der Waals surface area contributed by atoms with Crippen LogP contribution in [0.25, 0.3) is 0 Å². The summed E-state index contributed by atoms with van der Waals surface area (Å²) in [4.78, 5) is 29.3. The first-order chi connectivity index (χ1) is 16.0. The molecule has 0 saturated carbocycles. The molecule has 3 aromatic rings. The molecule has 0 bridgehead atoms. The highest BCUT2D eigenvalue weighted by Crippen LogP contribution is 2.28. The Balaban J connectivity index is 1.54. The van der Waals surface area contributed by atoms with Gasteiger partial charge in [0, 0.05) is 19.3 Å². The summed E-state index contributed by atoms with van der Waals surface area (Å²) >= 11 is 7.07. The van der Waals surface area contributed by atoms with E-state index in [2.05, 4.69) is 54.3 Å². The Bertz CT molecular complexity index is 1150. The van der Waals surface area contributed by atoms with Crippen molar-refractivity contribution in [3.63, 3.8) is 0 Å². The number of hydrogen-bond donors (Lipinski definition) is 2. The van der Waals surface area contributed by atoms with Gasteiger partial charge >= 0.3 is 6.09 Å². The maximum absolute atomic E-state index is 12.9. The van der Waals surface area contributed by atoms with Gasteiger partial charge in [0.05, 0.1) is 14.8 Å². The zero-order chi connectivity index (χ0) is 24.9. The third kappa shape index (κ3) is 6.96. The fourth-order valence-electron chi connectivity index (χ4n) is 3.37. The summed E-state index contributed by atoms with van der Waals surface area (Å²) in [5.74, 6) is -0.0718. The van der Waals surface area contributed by atoms with Crippen LogP contribution in [0.15, 0.2) is 51.7 Å². The summed E-state index contributed by atoms with van der Waals surface area (Å²) in [5.41, 5.74) is 7.68. The number of aryl methyl sites for hydroxylation is 2. The zero-order valence-electron chi connectivity index (χ0n) is 19.5. The van der Waals surface area contributed by atoms with Crippen molar-refractivity contribution >= 4 is 49.8 Å². The Morgan fingerprint density at radius 1 is 1.15 bits per heavy atom. The number of carbonyl (C=O) groups is 2. The van der Waals surface area contributed by atoms with Gasteiger partial charge in [-0.05, 0) is 83.5 Å². The summed E-state index contributed by atoms with van der Waals surface area (Å²) in [6.45, 7) is 6.49. The number of nitrogens with one attached hydrogen (secondary N) is 1. The Morgan fingerprint density at radius 2 is 1.85 bits per heavy atom. The molecule has 2 heterocycles. The van der Waals surface area contributed by atoms with E-state index in [-0.39, 0.29) is 11.9 Å². The quantitative estimate of drug-likeness (QED) is 0.350. The summed E-state index contributed by atoms with van der Waals surface area (Å²) in [7, 11) is 0. The van der Waals surface area contributed by atoms with Crippen molar-refractivity contribution < 1.29 is 14.3 Å². The molecular weight excluding hydrogens is 566 g/mol. The average molecular weight is 595 g/mol. The van der Waals surface area contributed by atoms with Gasteiger partial charge in [0.25, 0.3) is 5.91 Å². The van der Waals surface area contributed by atoms with Gasteiger partial charge in [-0.3, -0.25) is 4.79 Å². The number of halogens is 2. The van der Waals surface area contributed by atoms with Crippen molar-refractivity contribution in [3.8, 4) is 0 Å². The van der Waals surface area contributed by atoms with Crippen LogP contribution in [0.4, 0.5) is 10.7 Å². The number of nitrogens with zero attached hydrogens (tertiary/aromatic N) is 3. The largest absolute Gasteiger partial charge is 0.443 e. The van der Waals surface area contributed by atoms with Gasteiger partial charge in [-0.1, -0.05) is 30.3 Å². The van der Waals surface area contributed by atoms with Gasteiger partial charge in [0.15, 0.2) is 0 Å². The van der Waals surface area contributed by atoms with Crippen molar-refractivity contribution in [1.82, 2.24) is 19.4 Å². The van der Waals surface area contributed by atoms with Crippen molar-refractivity contribution in [1.29, 1.82) is 0 Å². The number of nitrogen functional groups attached to an aromatic ring is 1. The molecule has 2 aromatic heterocycles. The second kappa shape index (κ2) is 11.2. The van der Waals surface area contributed by atoms with Gasteiger partial charge in [0.2, 0.25) is 5.95 Å². The first kappa shape index (κ1) is 26.0. The van der Waals surface area contributed by atoms with Crippen molar-refractivity contribution in [2.75, 3.05) is 12.3 Å². The standard InChI is InChI=1S/C24H29Br2N5O3/c1-24(2,3)34-23(33)31-15-17(29-22(31)27)10-7-12-28-21(32)19-14-18(25)20(26)30(19)13-11-16-8-5-4-6-9-16/h4-6,8-9,14-15H,7,10-13H2,1-3H3,(H2,27,29)(H,28,32). The molecule has 0 fully saturated rings. The van der Waals surface area contributed by atoms with Crippen molar-refractivity contribution in [2.24, 2.45) is 0 Å². The topological polar surface area (TPSA) is 104 Å². The van der Waals surface area contributed by atoms with E-state index in [0.29, 0.717) is 37.3 Å². The summed E-state index contributed by atoms with van der Waals surface area (Å²) in [6.07, 6.45) is 3.02. The van der Waals surface area contributed by atoms with Gasteiger partial charge in [0.1, 0.15) is 11.3 Å². The van der Waals surface area contributed by atoms with Crippen LogP contribution in [0, 0.1) is 0 Å². The Morgan fingerprint density at radius 3 is 2.53 bits per heavy atom. The molecule has 0 radical (unpaired) electrons. The Hall–Kier alpha value is -2.59.